The van der Waals surface area contributed by atoms with Gasteiger partial charge in [0, 0.05) is 30.9 Å². The van der Waals surface area contributed by atoms with Gasteiger partial charge in [0.05, 0.1) is 0 Å². The van der Waals surface area contributed by atoms with E-state index < -0.39 is 0 Å². The molecule has 1 saturated carbocycles. The van der Waals surface area contributed by atoms with E-state index in [1.807, 2.05) is 24.0 Å². The Labute approximate surface area is 106 Å². The van der Waals surface area contributed by atoms with E-state index in [1.54, 1.807) is 0 Å². The summed E-state index contributed by atoms with van der Waals surface area (Å²) in [7, 11) is 1.95. The predicted molar refractivity (Wildman–Crippen MR) is 67.1 cm³/mol. The van der Waals surface area contributed by atoms with Crippen molar-refractivity contribution >= 4 is 17.5 Å². The molecule has 5 heteroatoms. The highest BCUT2D eigenvalue weighted by molar-refractivity contribution is 6.27. The zero-order valence-corrected chi connectivity index (χ0v) is 10.8. The van der Waals surface area contributed by atoms with Crippen molar-refractivity contribution in [1.82, 2.24) is 15.1 Å². The van der Waals surface area contributed by atoms with Gasteiger partial charge >= 0.3 is 0 Å². The second-order valence-electron chi connectivity index (χ2n) is 4.58. The SMILES string of the molecule is Cn1nccc1[C@@H]1CCCC[C@@H]1NC(=O)CCl. The second kappa shape index (κ2) is 5.54. The van der Waals surface area contributed by atoms with Crippen molar-refractivity contribution in [3.63, 3.8) is 0 Å². The topological polar surface area (TPSA) is 46.9 Å². The van der Waals surface area contributed by atoms with Crippen LogP contribution in [-0.4, -0.2) is 27.6 Å². The van der Waals surface area contributed by atoms with Crippen LogP contribution in [0.3, 0.4) is 0 Å². The van der Waals surface area contributed by atoms with Gasteiger partial charge in [0.25, 0.3) is 0 Å². The van der Waals surface area contributed by atoms with Crippen LogP contribution in [0, 0.1) is 0 Å². The molecule has 2 atom stereocenters. The number of halogens is 1. The number of alkyl halides is 1. The number of rotatable bonds is 3. The van der Waals surface area contributed by atoms with Crippen LogP contribution in [0.2, 0.25) is 0 Å². The van der Waals surface area contributed by atoms with Crippen molar-refractivity contribution in [2.75, 3.05) is 5.88 Å². The van der Waals surface area contributed by atoms with Gasteiger partial charge in [0.2, 0.25) is 5.91 Å². The Kier molecular flexibility index (Phi) is 4.05. The van der Waals surface area contributed by atoms with Gasteiger partial charge < -0.3 is 5.32 Å². The van der Waals surface area contributed by atoms with Crippen molar-refractivity contribution in [2.24, 2.45) is 7.05 Å². The summed E-state index contributed by atoms with van der Waals surface area (Å²) in [4.78, 5) is 11.4. The molecule has 1 aromatic rings. The predicted octanol–water partition coefficient (Wildman–Crippen LogP) is 1.80. The van der Waals surface area contributed by atoms with Gasteiger partial charge in [-0.2, -0.15) is 5.10 Å². The molecule has 1 aliphatic carbocycles. The van der Waals surface area contributed by atoms with Crippen LogP contribution in [0.15, 0.2) is 12.3 Å². The van der Waals surface area contributed by atoms with E-state index in [0.29, 0.717) is 5.92 Å². The maximum Gasteiger partial charge on any atom is 0.235 e. The van der Waals surface area contributed by atoms with E-state index in [9.17, 15) is 4.79 Å². The fraction of sp³-hybridized carbons (Fsp3) is 0.667. The van der Waals surface area contributed by atoms with Crippen LogP contribution < -0.4 is 5.32 Å². The molecule has 0 aliphatic heterocycles. The fourth-order valence-electron chi connectivity index (χ4n) is 2.65. The first-order chi connectivity index (χ1) is 8.22. The summed E-state index contributed by atoms with van der Waals surface area (Å²) in [5.74, 6) is 0.323. The molecule has 1 amide bonds. The van der Waals surface area contributed by atoms with Crippen LogP contribution in [0.25, 0.3) is 0 Å². The lowest BCUT2D eigenvalue weighted by Gasteiger charge is -2.32. The van der Waals surface area contributed by atoms with Gasteiger partial charge in [0.1, 0.15) is 5.88 Å². The molecule has 0 bridgehead atoms. The van der Waals surface area contributed by atoms with Crippen molar-refractivity contribution in [1.29, 1.82) is 0 Å². The van der Waals surface area contributed by atoms with Crippen molar-refractivity contribution in [2.45, 2.75) is 37.6 Å². The van der Waals surface area contributed by atoms with Gasteiger partial charge in [-0.25, -0.2) is 0 Å². The fourth-order valence-corrected chi connectivity index (χ4v) is 2.73. The lowest BCUT2D eigenvalue weighted by Crippen LogP contribution is -2.42. The van der Waals surface area contributed by atoms with Crippen molar-refractivity contribution in [3.05, 3.63) is 18.0 Å². The Bertz CT molecular complexity index is 391. The third-order valence-electron chi connectivity index (χ3n) is 3.47. The normalized spacial score (nSPS) is 24.6. The van der Waals surface area contributed by atoms with Gasteiger partial charge in [-0.15, -0.1) is 11.6 Å². The lowest BCUT2D eigenvalue weighted by atomic mass is 9.82. The number of aryl methyl sites for hydroxylation is 1. The highest BCUT2D eigenvalue weighted by Gasteiger charge is 2.29. The van der Waals surface area contributed by atoms with Gasteiger partial charge in [0.15, 0.2) is 0 Å². The zero-order chi connectivity index (χ0) is 12.3. The summed E-state index contributed by atoms with van der Waals surface area (Å²) in [6.45, 7) is 0. The standard InChI is InChI=1S/C12H18ClN3O/c1-16-11(6-7-14-16)9-4-2-3-5-10(9)15-12(17)8-13/h6-7,9-10H,2-5,8H2,1H3,(H,15,17)/t9-,10+/m1/s1. The van der Waals surface area contributed by atoms with Crippen molar-refractivity contribution < 1.29 is 4.79 Å². The molecular weight excluding hydrogens is 238 g/mol. The number of hydrogen-bond donors (Lipinski definition) is 1. The van der Waals surface area contributed by atoms with Crippen LogP contribution in [0.5, 0.6) is 0 Å². The molecule has 17 heavy (non-hydrogen) atoms. The van der Waals surface area contributed by atoms with Crippen LogP contribution in [0.1, 0.15) is 37.3 Å². The largest absolute Gasteiger partial charge is 0.352 e. The average molecular weight is 256 g/mol. The smallest absolute Gasteiger partial charge is 0.235 e. The number of aromatic nitrogens is 2. The van der Waals surface area contributed by atoms with Crippen LogP contribution in [0.4, 0.5) is 0 Å². The first-order valence-electron chi connectivity index (χ1n) is 6.05. The van der Waals surface area contributed by atoms with Gasteiger partial charge in [-0.3, -0.25) is 9.48 Å². The Morgan fingerprint density at radius 1 is 1.59 bits per heavy atom. The summed E-state index contributed by atoms with van der Waals surface area (Å²) in [6, 6.07) is 2.24. The Hall–Kier alpha value is -1.03. The number of carbonyl (C=O) groups is 1. The first kappa shape index (κ1) is 12.4. The van der Waals surface area contributed by atoms with E-state index in [4.69, 9.17) is 11.6 Å². The highest BCUT2D eigenvalue weighted by atomic mass is 35.5. The first-order valence-corrected chi connectivity index (χ1v) is 6.59. The molecule has 1 aromatic heterocycles. The molecule has 94 valence electrons. The summed E-state index contributed by atoms with van der Waals surface area (Å²) in [5.41, 5.74) is 1.20. The number of amides is 1. The third-order valence-corrected chi connectivity index (χ3v) is 3.72. The van der Waals surface area contributed by atoms with E-state index in [-0.39, 0.29) is 17.8 Å². The molecule has 0 spiro atoms. The lowest BCUT2D eigenvalue weighted by molar-refractivity contribution is -0.119. The monoisotopic (exact) mass is 255 g/mol. The number of nitrogens with one attached hydrogen (secondary N) is 1. The average Bonchev–Trinajstić information content (AvgIpc) is 2.76. The van der Waals surface area contributed by atoms with Crippen LogP contribution >= 0.6 is 11.6 Å². The van der Waals surface area contributed by atoms with Gasteiger partial charge in [-0.05, 0) is 18.9 Å². The molecule has 0 saturated heterocycles. The van der Waals surface area contributed by atoms with E-state index in [0.717, 1.165) is 12.8 Å². The molecule has 1 aliphatic rings. The van der Waals surface area contributed by atoms with E-state index in [2.05, 4.69) is 10.4 Å². The summed E-state index contributed by atoms with van der Waals surface area (Å²) < 4.78 is 1.90. The Morgan fingerprint density at radius 3 is 3.00 bits per heavy atom. The van der Waals surface area contributed by atoms with E-state index in [1.165, 1.54) is 18.5 Å². The van der Waals surface area contributed by atoms with Crippen LogP contribution in [-0.2, 0) is 11.8 Å². The third kappa shape index (κ3) is 2.80. The zero-order valence-electron chi connectivity index (χ0n) is 10.0. The molecule has 1 fully saturated rings. The summed E-state index contributed by atoms with van der Waals surface area (Å²) >= 11 is 5.55. The Morgan fingerprint density at radius 2 is 2.35 bits per heavy atom. The molecule has 0 radical (unpaired) electrons. The molecule has 1 N–H and O–H groups in total. The maximum absolute atomic E-state index is 11.4. The minimum absolute atomic E-state index is 0.0363. The molecule has 4 nitrogen and oxygen atoms in total. The number of carbonyl (C=O) groups excluding carboxylic acids is 1. The van der Waals surface area contributed by atoms with Gasteiger partial charge in [-0.1, -0.05) is 12.8 Å². The maximum atomic E-state index is 11.4. The second-order valence-corrected chi connectivity index (χ2v) is 4.85. The number of nitrogens with zero attached hydrogens (tertiary/aromatic N) is 2. The van der Waals surface area contributed by atoms with E-state index >= 15 is 0 Å². The molecular formula is C12H18ClN3O. The molecule has 0 unspecified atom stereocenters. The number of hydrogen-bond acceptors (Lipinski definition) is 2. The molecule has 2 rings (SSSR count). The highest BCUT2D eigenvalue weighted by Crippen LogP contribution is 2.32. The molecule has 1 heterocycles. The summed E-state index contributed by atoms with van der Waals surface area (Å²) in [5, 5.41) is 7.23. The minimum Gasteiger partial charge on any atom is -0.352 e. The quantitative estimate of drug-likeness (QED) is 0.838. The minimum atomic E-state index is -0.0780. The summed E-state index contributed by atoms with van der Waals surface area (Å²) in [6.07, 6.45) is 6.32. The van der Waals surface area contributed by atoms with Crippen molar-refractivity contribution in [3.8, 4) is 0 Å². The Balaban J connectivity index is 2.12. The molecule has 0 aromatic carbocycles.